The smallest absolute Gasteiger partial charge is 0.186 e. The molecule has 17 atom stereocenters. The maximum Gasteiger partial charge on any atom is 0.186 e. The molecule has 0 aromatic rings. The van der Waals surface area contributed by atoms with E-state index in [1.54, 1.807) is 0 Å². The molecule has 10 nitrogen and oxygen atoms in total. The summed E-state index contributed by atoms with van der Waals surface area (Å²) < 4.78 is 12.8. The van der Waals surface area contributed by atoms with Crippen LogP contribution in [0.15, 0.2) is 0 Å². The fourth-order valence-electron chi connectivity index (χ4n) is 13.1. The molecular weight excluding hydrogens is 592 g/mol. The van der Waals surface area contributed by atoms with Gasteiger partial charge in [0.1, 0.15) is 30.5 Å². The van der Waals surface area contributed by atoms with Gasteiger partial charge in [-0.2, -0.15) is 0 Å². The normalized spacial score (nSPS) is 53.3. The van der Waals surface area contributed by atoms with Crippen LogP contribution in [-0.4, -0.2) is 108 Å². The summed E-state index contributed by atoms with van der Waals surface area (Å²) in [6.45, 7) is 13.8. The van der Waals surface area contributed by atoms with E-state index >= 15 is 0 Å². The minimum atomic E-state index is -1.52. The number of aliphatic hydroxyl groups excluding tert-OH is 7. The van der Waals surface area contributed by atoms with Crippen molar-refractivity contribution < 1.29 is 50.3 Å². The SMILES string of the molecule is CC(CC(O)C(O)C(C)(C)O)[C@@H]1CC[C@]23C[C@]12CC[C@@H]1[C@@]2(C)CC[C@@H](O)C(C)(C)[C@@H]2C[C@@H](O[C@@H]2O[C@H](CO)[C@@H](O)[C@H](O)[C@H]2O)[C@]13C. The van der Waals surface area contributed by atoms with Crippen molar-refractivity contribution in [2.24, 2.45) is 50.7 Å². The molecule has 0 aromatic carbocycles. The molecule has 1 saturated heterocycles. The lowest BCUT2D eigenvalue weighted by molar-refractivity contribution is -0.344. The minimum absolute atomic E-state index is 0.0331. The summed E-state index contributed by atoms with van der Waals surface area (Å²) in [6, 6.07) is 0. The third kappa shape index (κ3) is 4.71. The topological polar surface area (TPSA) is 180 Å². The molecule has 8 N–H and O–H groups in total. The number of ether oxygens (including phenoxy) is 2. The van der Waals surface area contributed by atoms with Gasteiger partial charge in [-0.25, -0.2) is 0 Å². The van der Waals surface area contributed by atoms with Crippen molar-refractivity contribution in [3.63, 3.8) is 0 Å². The summed E-state index contributed by atoms with van der Waals surface area (Å²) >= 11 is 0. The summed E-state index contributed by atoms with van der Waals surface area (Å²) in [4.78, 5) is 0. The molecule has 6 rings (SSSR count). The van der Waals surface area contributed by atoms with Gasteiger partial charge in [0.05, 0.1) is 30.5 Å². The van der Waals surface area contributed by atoms with Crippen molar-refractivity contribution in [3.8, 4) is 0 Å². The third-order valence-corrected chi connectivity index (χ3v) is 15.6. The Balaban J connectivity index is 1.35. The van der Waals surface area contributed by atoms with Crippen LogP contribution in [0.3, 0.4) is 0 Å². The Morgan fingerprint density at radius 3 is 2.20 bits per heavy atom. The van der Waals surface area contributed by atoms with Crippen LogP contribution >= 0.6 is 0 Å². The zero-order valence-corrected chi connectivity index (χ0v) is 29.0. The summed E-state index contributed by atoms with van der Waals surface area (Å²) in [7, 11) is 0. The maximum absolute atomic E-state index is 11.2. The van der Waals surface area contributed by atoms with E-state index in [0.29, 0.717) is 18.8 Å². The summed E-state index contributed by atoms with van der Waals surface area (Å²) in [5.41, 5.74) is -2.08. The average Bonchev–Trinajstić information content (AvgIpc) is 3.55. The maximum atomic E-state index is 11.2. The first kappa shape index (κ1) is 35.4. The zero-order chi connectivity index (χ0) is 34.0. The van der Waals surface area contributed by atoms with Gasteiger partial charge in [-0.15, -0.1) is 0 Å². The van der Waals surface area contributed by atoms with Gasteiger partial charge in [0.15, 0.2) is 6.29 Å². The van der Waals surface area contributed by atoms with Crippen LogP contribution in [-0.2, 0) is 9.47 Å². The summed E-state index contributed by atoms with van der Waals surface area (Å²) in [5, 5.41) is 85.2. The molecule has 266 valence electrons. The van der Waals surface area contributed by atoms with Crippen molar-refractivity contribution in [3.05, 3.63) is 0 Å². The van der Waals surface area contributed by atoms with Crippen LogP contribution in [0, 0.1) is 50.7 Å². The van der Waals surface area contributed by atoms with Crippen LogP contribution in [0.25, 0.3) is 0 Å². The minimum Gasteiger partial charge on any atom is -0.394 e. The highest BCUT2D eigenvalue weighted by Gasteiger charge is 2.85. The second kappa shape index (κ2) is 11.3. The number of hydrogen-bond acceptors (Lipinski definition) is 10. The van der Waals surface area contributed by atoms with Gasteiger partial charge in [0.2, 0.25) is 0 Å². The molecule has 5 aliphatic carbocycles. The van der Waals surface area contributed by atoms with Crippen molar-refractivity contribution in [2.45, 2.75) is 167 Å². The Labute approximate surface area is 274 Å². The van der Waals surface area contributed by atoms with E-state index < -0.39 is 61.2 Å². The molecule has 0 radical (unpaired) electrons. The highest BCUT2D eigenvalue weighted by molar-refractivity contribution is 5.33. The highest BCUT2D eigenvalue weighted by atomic mass is 16.7. The lowest BCUT2D eigenvalue weighted by atomic mass is 9.37. The molecular formula is C36H62O10. The first-order valence-corrected chi connectivity index (χ1v) is 18.0. The molecule has 5 saturated carbocycles. The Hall–Kier alpha value is -0.400. The molecule has 3 unspecified atom stereocenters. The monoisotopic (exact) mass is 654 g/mol. The lowest BCUT2D eigenvalue weighted by Crippen LogP contribution is -2.68. The van der Waals surface area contributed by atoms with E-state index in [1.807, 2.05) is 0 Å². The van der Waals surface area contributed by atoms with Gasteiger partial charge in [-0.3, -0.25) is 0 Å². The second-order valence-corrected chi connectivity index (χ2v) is 18.3. The molecule has 0 bridgehead atoms. The van der Waals surface area contributed by atoms with E-state index in [4.69, 9.17) is 9.47 Å². The van der Waals surface area contributed by atoms with E-state index in [0.717, 1.165) is 44.9 Å². The average molecular weight is 655 g/mol. The zero-order valence-electron chi connectivity index (χ0n) is 29.0. The molecule has 10 heteroatoms. The van der Waals surface area contributed by atoms with Gasteiger partial charge in [0.25, 0.3) is 0 Å². The third-order valence-electron chi connectivity index (χ3n) is 15.6. The van der Waals surface area contributed by atoms with Gasteiger partial charge in [-0.1, -0.05) is 34.6 Å². The highest BCUT2D eigenvalue weighted by Crippen LogP contribution is 2.91. The predicted molar refractivity (Wildman–Crippen MR) is 169 cm³/mol. The number of rotatable bonds is 8. The molecule has 6 aliphatic rings. The van der Waals surface area contributed by atoms with Gasteiger partial charge in [-0.05, 0) is 117 Å². The van der Waals surface area contributed by atoms with E-state index in [9.17, 15) is 40.9 Å². The second-order valence-electron chi connectivity index (χ2n) is 18.3. The molecule has 46 heavy (non-hydrogen) atoms. The standard InChI is InChI=1S/C36H62O10/c1-18(14-20(38)29(43)32(4,5)44)19-8-13-36-17-35(19,36)12-9-22-33(6)11-10-24(39)31(2,3)23(33)15-25(34(22,36)7)46-30-28(42)27(41)26(40)21(16-37)45-30/h18-30,37-44H,8-17H2,1-7H3/t18?,19-,20?,21+,22+,23-,24+,25+,26+,27-,28+,29?,30-,33+,34-,35+,36+/m0/s1. The first-order chi connectivity index (χ1) is 21.2. The summed E-state index contributed by atoms with van der Waals surface area (Å²) in [5.74, 6) is 0.913. The van der Waals surface area contributed by atoms with Gasteiger partial charge in [0, 0.05) is 5.41 Å². The van der Waals surface area contributed by atoms with Crippen LogP contribution < -0.4 is 0 Å². The lowest BCUT2D eigenvalue weighted by Gasteiger charge is -2.69. The predicted octanol–water partition coefficient (Wildman–Crippen LogP) is 2.10. The van der Waals surface area contributed by atoms with Crippen molar-refractivity contribution >= 4 is 0 Å². The Kier molecular flexibility index (Phi) is 8.71. The van der Waals surface area contributed by atoms with Crippen molar-refractivity contribution in [1.29, 1.82) is 0 Å². The fourth-order valence-corrected chi connectivity index (χ4v) is 13.1. The quantitative estimate of drug-likeness (QED) is 0.181. The van der Waals surface area contributed by atoms with Crippen LogP contribution in [0.2, 0.25) is 0 Å². The van der Waals surface area contributed by atoms with Gasteiger partial charge < -0.3 is 50.3 Å². The number of aliphatic hydroxyl groups is 8. The van der Waals surface area contributed by atoms with Crippen LogP contribution in [0.5, 0.6) is 0 Å². The van der Waals surface area contributed by atoms with E-state index in [2.05, 4.69) is 34.6 Å². The van der Waals surface area contributed by atoms with Crippen molar-refractivity contribution in [1.82, 2.24) is 0 Å². The van der Waals surface area contributed by atoms with Crippen LogP contribution in [0.4, 0.5) is 0 Å². The molecule has 1 aliphatic heterocycles. The Morgan fingerprint density at radius 2 is 1.57 bits per heavy atom. The molecule has 0 aromatic heterocycles. The number of fused-ring (bicyclic) bond motifs is 3. The Morgan fingerprint density at radius 1 is 0.891 bits per heavy atom. The van der Waals surface area contributed by atoms with E-state index in [-0.39, 0.29) is 50.9 Å². The van der Waals surface area contributed by atoms with Crippen molar-refractivity contribution in [2.75, 3.05) is 6.61 Å². The first-order valence-electron chi connectivity index (χ1n) is 18.0. The fraction of sp³-hybridized carbons (Fsp3) is 1.00. The molecule has 6 fully saturated rings. The van der Waals surface area contributed by atoms with E-state index in [1.165, 1.54) is 13.8 Å². The molecule has 0 spiro atoms. The summed E-state index contributed by atoms with van der Waals surface area (Å²) in [6.07, 6.45) is -1.90. The molecule has 1 heterocycles. The molecule has 0 amide bonds. The number of hydrogen-bond donors (Lipinski definition) is 8. The Bertz CT molecular complexity index is 1140. The largest absolute Gasteiger partial charge is 0.394 e. The van der Waals surface area contributed by atoms with Gasteiger partial charge >= 0.3 is 0 Å². The van der Waals surface area contributed by atoms with Crippen LogP contribution in [0.1, 0.15) is 106 Å².